The molecule has 0 spiro atoms. The highest BCUT2D eigenvalue weighted by Crippen LogP contribution is 2.30. The van der Waals surface area contributed by atoms with E-state index in [4.69, 9.17) is 9.47 Å². The minimum absolute atomic E-state index is 0.151. The lowest BCUT2D eigenvalue weighted by Crippen LogP contribution is -2.51. The third-order valence-electron chi connectivity index (χ3n) is 3.96. The van der Waals surface area contributed by atoms with E-state index < -0.39 is 18.0 Å². The molecule has 0 aliphatic carbocycles. The standard InChI is InChI=1S/C16H18FN3O4/c1-23-15-6-11(17)2-3-14(15)24-13-4-5-20(9-12(13)21)16(22)10-7-18-19-8-10/h2-3,6-8,12-13,21H,4-5,9H2,1H3,(H,18,19)/t12-,13-/m1/s1. The fourth-order valence-corrected chi connectivity index (χ4v) is 2.68. The minimum Gasteiger partial charge on any atom is -0.493 e. The Morgan fingerprint density at radius 3 is 2.96 bits per heavy atom. The number of carbonyl (C=O) groups is 1. The number of piperidine rings is 1. The first-order valence-electron chi connectivity index (χ1n) is 7.55. The molecule has 1 fully saturated rings. The monoisotopic (exact) mass is 335 g/mol. The number of aromatic amines is 1. The zero-order valence-electron chi connectivity index (χ0n) is 13.1. The summed E-state index contributed by atoms with van der Waals surface area (Å²) < 4.78 is 24.1. The van der Waals surface area contributed by atoms with Crippen LogP contribution in [0.3, 0.4) is 0 Å². The van der Waals surface area contributed by atoms with E-state index in [2.05, 4.69) is 10.2 Å². The van der Waals surface area contributed by atoms with Crippen LogP contribution in [0.5, 0.6) is 11.5 Å². The van der Waals surface area contributed by atoms with Gasteiger partial charge < -0.3 is 19.5 Å². The van der Waals surface area contributed by atoms with Gasteiger partial charge in [0.25, 0.3) is 5.91 Å². The van der Waals surface area contributed by atoms with Gasteiger partial charge in [-0.25, -0.2) is 4.39 Å². The summed E-state index contributed by atoms with van der Waals surface area (Å²) in [4.78, 5) is 13.8. The summed E-state index contributed by atoms with van der Waals surface area (Å²) in [6.45, 7) is 0.591. The van der Waals surface area contributed by atoms with Crippen LogP contribution in [-0.4, -0.2) is 58.5 Å². The number of aliphatic hydroxyl groups excluding tert-OH is 1. The van der Waals surface area contributed by atoms with Gasteiger partial charge in [0.15, 0.2) is 11.5 Å². The number of halogens is 1. The van der Waals surface area contributed by atoms with Crippen molar-refractivity contribution in [3.05, 3.63) is 42.0 Å². The smallest absolute Gasteiger partial charge is 0.257 e. The number of methoxy groups -OCH3 is 1. The Bertz CT molecular complexity index is 707. The molecule has 1 amide bonds. The van der Waals surface area contributed by atoms with Crippen LogP contribution >= 0.6 is 0 Å². The van der Waals surface area contributed by atoms with Gasteiger partial charge in [-0.05, 0) is 12.1 Å². The molecule has 0 bridgehead atoms. The normalized spacial score (nSPS) is 20.7. The topological polar surface area (TPSA) is 87.7 Å². The maximum Gasteiger partial charge on any atom is 0.257 e. The first-order valence-corrected chi connectivity index (χ1v) is 7.55. The molecule has 2 atom stereocenters. The molecule has 1 aromatic carbocycles. The third kappa shape index (κ3) is 3.33. The van der Waals surface area contributed by atoms with Crippen LogP contribution in [-0.2, 0) is 0 Å². The van der Waals surface area contributed by atoms with E-state index in [1.807, 2.05) is 0 Å². The fourth-order valence-electron chi connectivity index (χ4n) is 2.68. The lowest BCUT2D eigenvalue weighted by molar-refractivity contribution is -0.0207. The number of benzene rings is 1. The van der Waals surface area contributed by atoms with Gasteiger partial charge >= 0.3 is 0 Å². The zero-order chi connectivity index (χ0) is 17.1. The number of aliphatic hydroxyl groups is 1. The van der Waals surface area contributed by atoms with E-state index in [0.717, 1.165) is 0 Å². The van der Waals surface area contributed by atoms with E-state index in [-0.39, 0.29) is 18.2 Å². The van der Waals surface area contributed by atoms with Gasteiger partial charge in [0, 0.05) is 25.2 Å². The maximum absolute atomic E-state index is 13.2. The van der Waals surface area contributed by atoms with Crippen molar-refractivity contribution < 1.29 is 23.8 Å². The summed E-state index contributed by atoms with van der Waals surface area (Å²) in [5, 5.41) is 16.6. The van der Waals surface area contributed by atoms with Crippen molar-refractivity contribution in [1.29, 1.82) is 0 Å². The first kappa shape index (κ1) is 16.3. The summed E-state index contributed by atoms with van der Waals surface area (Å²) >= 11 is 0. The Labute approximate surface area is 138 Å². The van der Waals surface area contributed by atoms with Crippen LogP contribution < -0.4 is 9.47 Å². The number of rotatable bonds is 4. The summed E-state index contributed by atoms with van der Waals surface area (Å²) in [5.74, 6) is -0.00227. The third-order valence-corrected chi connectivity index (χ3v) is 3.96. The Hall–Kier alpha value is -2.61. The minimum atomic E-state index is -0.857. The molecule has 2 N–H and O–H groups in total. The zero-order valence-corrected chi connectivity index (χ0v) is 13.1. The lowest BCUT2D eigenvalue weighted by atomic mass is 10.0. The highest BCUT2D eigenvalue weighted by atomic mass is 19.1. The van der Waals surface area contributed by atoms with Crippen molar-refractivity contribution in [2.45, 2.75) is 18.6 Å². The van der Waals surface area contributed by atoms with Gasteiger partial charge in [0.1, 0.15) is 18.0 Å². The average molecular weight is 335 g/mol. The van der Waals surface area contributed by atoms with Gasteiger partial charge in [-0.1, -0.05) is 0 Å². The molecule has 8 heteroatoms. The number of ether oxygens (including phenoxy) is 2. The predicted molar refractivity (Wildman–Crippen MR) is 82.5 cm³/mol. The molecule has 1 aliphatic rings. The number of hydrogen-bond acceptors (Lipinski definition) is 5. The maximum atomic E-state index is 13.2. The van der Waals surface area contributed by atoms with Gasteiger partial charge in [-0.3, -0.25) is 9.89 Å². The SMILES string of the molecule is COc1cc(F)ccc1O[C@@H]1CCN(C(=O)c2cn[nH]c2)C[C@H]1O. The average Bonchev–Trinajstić information content (AvgIpc) is 3.11. The molecule has 3 rings (SSSR count). The van der Waals surface area contributed by atoms with Gasteiger partial charge in [-0.2, -0.15) is 5.10 Å². The number of H-pyrrole nitrogens is 1. The quantitative estimate of drug-likeness (QED) is 0.877. The Kier molecular flexibility index (Phi) is 4.66. The van der Waals surface area contributed by atoms with Crippen molar-refractivity contribution in [2.75, 3.05) is 20.2 Å². The van der Waals surface area contributed by atoms with Crippen molar-refractivity contribution in [3.63, 3.8) is 0 Å². The predicted octanol–water partition coefficient (Wildman–Crippen LogP) is 1.21. The van der Waals surface area contributed by atoms with Crippen LogP contribution in [0.25, 0.3) is 0 Å². The number of aromatic nitrogens is 2. The largest absolute Gasteiger partial charge is 0.493 e. The summed E-state index contributed by atoms with van der Waals surface area (Å²) in [6.07, 6.45) is 2.05. The van der Waals surface area contributed by atoms with Gasteiger partial charge in [-0.15, -0.1) is 0 Å². The molecule has 128 valence electrons. The molecule has 1 aliphatic heterocycles. The van der Waals surface area contributed by atoms with Crippen molar-refractivity contribution in [3.8, 4) is 11.5 Å². The Morgan fingerprint density at radius 1 is 1.46 bits per heavy atom. The van der Waals surface area contributed by atoms with E-state index in [1.165, 1.54) is 37.7 Å². The number of amides is 1. The summed E-state index contributed by atoms with van der Waals surface area (Å²) in [6, 6.07) is 3.95. The van der Waals surface area contributed by atoms with Crippen LogP contribution in [0, 0.1) is 5.82 Å². The first-order chi connectivity index (χ1) is 11.6. The lowest BCUT2D eigenvalue weighted by Gasteiger charge is -2.35. The second-order valence-electron chi connectivity index (χ2n) is 5.55. The number of nitrogens with one attached hydrogen (secondary N) is 1. The summed E-state index contributed by atoms with van der Waals surface area (Å²) in [5.41, 5.74) is 0.446. The molecule has 1 saturated heterocycles. The molecule has 1 aromatic heterocycles. The molecule has 24 heavy (non-hydrogen) atoms. The molecular formula is C16H18FN3O4. The van der Waals surface area contributed by atoms with Crippen molar-refractivity contribution in [1.82, 2.24) is 15.1 Å². The summed E-state index contributed by atoms with van der Waals surface area (Å²) in [7, 11) is 1.42. The van der Waals surface area contributed by atoms with E-state index in [1.54, 1.807) is 4.90 Å². The highest BCUT2D eigenvalue weighted by molar-refractivity contribution is 5.93. The molecule has 2 aromatic rings. The molecular weight excluding hydrogens is 317 g/mol. The van der Waals surface area contributed by atoms with E-state index in [0.29, 0.717) is 24.3 Å². The van der Waals surface area contributed by atoms with Gasteiger partial charge in [0.2, 0.25) is 0 Å². The molecule has 7 nitrogen and oxygen atoms in total. The number of likely N-dealkylation sites (tertiary alicyclic amines) is 1. The number of nitrogens with zero attached hydrogens (tertiary/aromatic N) is 2. The number of carbonyl (C=O) groups excluding carboxylic acids is 1. The van der Waals surface area contributed by atoms with E-state index in [9.17, 15) is 14.3 Å². The van der Waals surface area contributed by atoms with Crippen molar-refractivity contribution >= 4 is 5.91 Å². The second kappa shape index (κ2) is 6.88. The van der Waals surface area contributed by atoms with Crippen LogP contribution in [0.4, 0.5) is 4.39 Å². The Morgan fingerprint density at radius 2 is 2.29 bits per heavy atom. The number of hydrogen-bond donors (Lipinski definition) is 2. The molecule has 0 saturated carbocycles. The molecule has 0 unspecified atom stereocenters. The van der Waals surface area contributed by atoms with Crippen LogP contribution in [0.2, 0.25) is 0 Å². The van der Waals surface area contributed by atoms with E-state index >= 15 is 0 Å². The Balaban J connectivity index is 1.65. The molecule has 2 heterocycles. The van der Waals surface area contributed by atoms with Crippen LogP contribution in [0.15, 0.2) is 30.6 Å². The van der Waals surface area contributed by atoms with Crippen molar-refractivity contribution in [2.24, 2.45) is 0 Å². The van der Waals surface area contributed by atoms with Gasteiger partial charge in [0.05, 0.1) is 25.4 Å². The molecule has 0 radical (unpaired) electrons. The highest BCUT2D eigenvalue weighted by Gasteiger charge is 2.32. The van der Waals surface area contributed by atoms with Crippen LogP contribution in [0.1, 0.15) is 16.8 Å². The number of β-amino-alcohol motifs (C(OH)–C–C–N with tert-alkyl or cyclic N) is 1. The second-order valence-corrected chi connectivity index (χ2v) is 5.55. The fraction of sp³-hybridized carbons (Fsp3) is 0.375.